The van der Waals surface area contributed by atoms with Crippen molar-refractivity contribution in [2.24, 2.45) is 4.99 Å². The smallest absolute Gasteiger partial charge is 0.191 e. The number of halogens is 1. The van der Waals surface area contributed by atoms with E-state index in [0.29, 0.717) is 24.5 Å². The number of nitriles is 1. The Labute approximate surface area is 148 Å². The van der Waals surface area contributed by atoms with Gasteiger partial charge in [-0.1, -0.05) is 12.1 Å². The molecule has 0 spiro atoms. The summed E-state index contributed by atoms with van der Waals surface area (Å²) in [6, 6.07) is 9.31. The van der Waals surface area contributed by atoms with E-state index in [4.69, 9.17) is 5.26 Å². The van der Waals surface area contributed by atoms with Gasteiger partial charge in [-0.15, -0.1) is 24.0 Å². The van der Waals surface area contributed by atoms with E-state index in [-0.39, 0.29) is 41.5 Å². The van der Waals surface area contributed by atoms with Crippen LogP contribution in [0.25, 0.3) is 0 Å². The Morgan fingerprint density at radius 3 is 2.86 bits per heavy atom. The second-order valence-electron chi connectivity index (χ2n) is 4.98. The highest BCUT2D eigenvalue weighted by Gasteiger charge is 2.28. The SMILES string of the molecule is CN=C(NCc1cccc(C#N)c1)NC1CCS(=O)(=O)C1.I. The van der Waals surface area contributed by atoms with Crippen LogP contribution in [0, 0.1) is 11.3 Å². The molecule has 0 aliphatic carbocycles. The molecule has 1 fully saturated rings. The fraction of sp³-hybridized carbons (Fsp3) is 0.429. The molecule has 120 valence electrons. The summed E-state index contributed by atoms with van der Waals surface area (Å²) in [6.45, 7) is 0.522. The third-order valence-corrected chi connectivity index (χ3v) is 5.08. The van der Waals surface area contributed by atoms with Crippen molar-refractivity contribution in [2.75, 3.05) is 18.6 Å². The zero-order chi connectivity index (χ0) is 15.3. The maximum absolute atomic E-state index is 11.4. The number of sulfone groups is 1. The lowest BCUT2D eigenvalue weighted by Crippen LogP contribution is -2.43. The van der Waals surface area contributed by atoms with Gasteiger partial charge in [0.05, 0.1) is 23.1 Å². The molecule has 1 aliphatic rings. The first-order valence-corrected chi connectivity index (χ1v) is 8.51. The van der Waals surface area contributed by atoms with E-state index in [1.807, 2.05) is 12.1 Å². The van der Waals surface area contributed by atoms with Crippen LogP contribution < -0.4 is 10.6 Å². The standard InChI is InChI=1S/C14H18N4O2S.HI/c1-16-14(18-13-5-6-21(19,20)10-13)17-9-12-4-2-3-11(7-12)8-15;/h2-4,7,13H,5-6,9-10H2,1H3,(H2,16,17,18);1H. The van der Waals surface area contributed by atoms with Gasteiger partial charge in [-0.25, -0.2) is 8.42 Å². The average molecular weight is 434 g/mol. The largest absolute Gasteiger partial charge is 0.353 e. The van der Waals surface area contributed by atoms with Gasteiger partial charge in [-0.3, -0.25) is 4.99 Å². The maximum atomic E-state index is 11.4. The zero-order valence-electron chi connectivity index (χ0n) is 12.2. The van der Waals surface area contributed by atoms with Crippen molar-refractivity contribution in [3.63, 3.8) is 0 Å². The van der Waals surface area contributed by atoms with Crippen molar-refractivity contribution in [2.45, 2.75) is 19.0 Å². The number of nitrogens with zero attached hydrogens (tertiary/aromatic N) is 2. The van der Waals surface area contributed by atoms with Gasteiger partial charge in [0.25, 0.3) is 0 Å². The Morgan fingerprint density at radius 2 is 2.27 bits per heavy atom. The number of hydrogen-bond acceptors (Lipinski definition) is 4. The zero-order valence-corrected chi connectivity index (χ0v) is 15.4. The van der Waals surface area contributed by atoms with Crippen molar-refractivity contribution in [1.82, 2.24) is 10.6 Å². The normalized spacial score (nSPS) is 19.8. The Morgan fingerprint density at radius 1 is 1.50 bits per heavy atom. The van der Waals surface area contributed by atoms with Crippen molar-refractivity contribution < 1.29 is 8.42 Å². The number of hydrogen-bond donors (Lipinski definition) is 2. The molecule has 2 rings (SSSR count). The Balaban J connectivity index is 0.00000242. The molecular weight excluding hydrogens is 415 g/mol. The van der Waals surface area contributed by atoms with Gasteiger partial charge in [-0.2, -0.15) is 5.26 Å². The number of rotatable bonds is 3. The van der Waals surface area contributed by atoms with Gasteiger partial charge in [0.1, 0.15) is 0 Å². The molecule has 1 aromatic rings. The van der Waals surface area contributed by atoms with Gasteiger partial charge in [0.15, 0.2) is 15.8 Å². The van der Waals surface area contributed by atoms with Crippen LogP contribution in [0.15, 0.2) is 29.3 Å². The fourth-order valence-corrected chi connectivity index (χ4v) is 3.91. The van der Waals surface area contributed by atoms with Crippen LogP contribution in [0.5, 0.6) is 0 Å². The number of nitrogens with one attached hydrogen (secondary N) is 2. The third kappa shape index (κ3) is 5.46. The molecule has 1 unspecified atom stereocenters. The molecule has 0 amide bonds. The molecule has 22 heavy (non-hydrogen) atoms. The predicted octanol–water partition coefficient (Wildman–Crippen LogP) is 1.03. The molecule has 0 saturated carbocycles. The summed E-state index contributed by atoms with van der Waals surface area (Å²) in [5, 5.41) is 15.1. The fourth-order valence-electron chi connectivity index (χ4n) is 2.23. The summed E-state index contributed by atoms with van der Waals surface area (Å²) in [5.41, 5.74) is 1.58. The van der Waals surface area contributed by atoms with E-state index in [9.17, 15) is 8.42 Å². The molecule has 8 heteroatoms. The first-order valence-electron chi connectivity index (χ1n) is 6.69. The van der Waals surface area contributed by atoms with Gasteiger partial charge in [0, 0.05) is 19.6 Å². The van der Waals surface area contributed by atoms with E-state index in [0.717, 1.165) is 5.56 Å². The first kappa shape index (κ1) is 18.7. The topological polar surface area (TPSA) is 94.3 Å². The molecule has 1 aliphatic heterocycles. The minimum atomic E-state index is -2.91. The van der Waals surface area contributed by atoms with E-state index in [1.54, 1.807) is 19.2 Å². The highest BCUT2D eigenvalue weighted by Crippen LogP contribution is 2.11. The van der Waals surface area contributed by atoms with Crippen molar-refractivity contribution >= 4 is 39.8 Å². The summed E-state index contributed by atoms with van der Waals surface area (Å²) in [7, 11) is -1.26. The minimum absolute atomic E-state index is 0. The average Bonchev–Trinajstić information content (AvgIpc) is 2.82. The number of benzene rings is 1. The van der Waals surface area contributed by atoms with Crippen molar-refractivity contribution in [1.29, 1.82) is 5.26 Å². The van der Waals surface area contributed by atoms with Gasteiger partial charge < -0.3 is 10.6 Å². The van der Waals surface area contributed by atoms with Gasteiger partial charge in [0.2, 0.25) is 0 Å². The summed E-state index contributed by atoms with van der Waals surface area (Å²) in [5.74, 6) is 0.947. The van der Waals surface area contributed by atoms with Gasteiger partial charge >= 0.3 is 0 Å². The summed E-state index contributed by atoms with van der Waals surface area (Å²) < 4.78 is 22.9. The van der Waals surface area contributed by atoms with Crippen LogP contribution >= 0.6 is 24.0 Å². The molecule has 6 nitrogen and oxygen atoms in total. The first-order chi connectivity index (χ1) is 10.0. The molecule has 0 bridgehead atoms. The van der Waals surface area contributed by atoms with Crippen LogP contribution in [0.1, 0.15) is 17.5 Å². The van der Waals surface area contributed by atoms with Crippen molar-refractivity contribution in [3.05, 3.63) is 35.4 Å². The predicted molar refractivity (Wildman–Crippen MR) is 97.0 cm³/mol. The number of aliphatic imine (C=N–C) groups is 1. The van der Waals surface area contributed by atoms with E-state index in [1.165, 1.54) is 0 Å². The van der Waals surface area contributed by atoms with Crippen LogP contribution in [0.2, 0.25) is 0 Å². The van der Waals surface area contributed by atoms with Crippen LogP contribution in [-0.4, -0.2) is 39.0 Å². The second-order valence-corrected chi connectivity index (χ2v) is 7.21. The lowest BCUT2D eigenvalue weighted by Gasteiger charge is -2.16. The van der Waals surface area contributed by atoms with Crippen LogP contribution in [0.3, 0.4) is 0 Å². The molecule has 0 aromatic heterocycles. The molecule has 1 atom stereocenters. The maximum Gasteiger partial charge on any atom is 0.191 e. The lowest BCUT2D eigenvalue weighted by atomic mass is 10.1. The third-order valence-electron chi connectivity index (χ3n) is 3.31. The monoisotopic (exact) mass is 434 g/mol. The molecule has 2 N–H and O–H groups in total. The number of guanidine groups is 1. The van der Waals surface area contributed by atoms with E-state index >= 15 is 0 Å². The Kier molecular flexibility index (Phi) is 7.09. The van der Waals surface area contributed by atoms with Crippen LogP contribution in [0.4, 0.5) is 0 Å². The summed E-state index contributed by atoms with van der Waals surface area (Å²) >= 11 is 0. The quantitative estimate of drug-likeness (QED) is 0.421. The minimum Gasteiger partial charge on any atom is -0.353 e. The van der Waals surface area contributed by atoms with E-state index < -0.39 is 9.84 Å². The summed E-state index contributed by atoms with van der Waals surface area (Å²) in [4.78, 5) is 4.09. The molecule has 1 aromatic carbocycles. The Bertz CT molecular complexity index is 682. The second kappa shape index (κ2) is 8.33. The molecule has 1 heterocycles. The lowest BCUT2D eigenvalue weighted by molar-refractivity contribution is 0.599. The Hall–Kier alpha value is -1.34. The molecule has 1 saturated heterocycles. The highest BCUT2D eigenvalue weighted by atomic mass is 127. The molecular formula is C14H19IN4O2S. The van der Waals surface area contributed by atoms with Crippen LogP contribution in [-0.2, 0) is 16.4 Å². The van der Waals surface area contributed by atoms with E-state index in [2.05, 4.69) is 21.7 Å². The van der Waals surface area contributed by atoms with Crippen molar-refractivity contribution in [3.8, 4) is 6.07 Å². The highest BCUT2D eigenvalue weighted by molar-refractivity contribution is 14.0. The van der Waals surface area contributed by atoms with Gasteiger partial charge in [-0.05, 0) is 24.1 Å². The summed E-state index contributed by atoms with van der Waals surface area (Å²) in [6.07, 6.45) is 0.604. The molecule has 0 radical (unpaired) electrons.